The van der Waals surface area contributed by atoms with Gasteiger partial charge in [0, 0.05) is 3.57 Å². The van der Waals surface area contributed by atoms with Gasteiger partial charge >= 0.3 is 5.97 Å². The number of carbonyl (C=O) groups excluding carboxylic acids is 1. The van der Waals surface area contributed by atoms with Gasteiger partial charge in [0.25, 0.3) is 0 Å². The first-order valence-corrected chi connectivity index (χ1v) is 7.82. The Morgan fingerprint density at radius 2 is 2.11 bits per heavy atom. The van der Waals surface area contributed by atoms with Crippen LogP contribution in [0.25, 0.3) is 0 Å². The molecule has 0 radical (unpaired) electrons. The number of methoxy groups -OCH3 is 1. The van der Waals surface area contributed by atoms with E-state index in [0.29, 0.717) is 0 Å². The van der Waals surface area contributed by atoms with E-state index in [-0.39, 0.29) is 10.7 Å². The van der Waals surface area contributed by atoms with Gasteiger partial charge in [0.05, 0.1) is 17.8 Å². The van der Waals surface area contributed by atoms with Crippen LogP contribution in [0.3, 0.4) is 0 Å². The molecule has 0 aliphatic heterocycles. The number of benzene rings is 1. The second-order valence-electron chi connectivity index (χ2n) is 3.44. The first kappa shape index (κ1) is 15.5. The van der Waals surface area contributed by atoms with Crippen LogP contribution in [-0.2, 0) is 19.6 Å². The van der Waals surface area contributed by atoms with Gasteiger partial charge in [-0.1, -0.05) is 11.6 Å². The topological polar surface area (TPSA) is 72.5 Å². The zero-order chi connectivity index (χ0) is 13.9. The summed E-state index contributed by atoms with van der Waals surface area (Å²) in [5.74, 6) is -0.830. The van der Waals surface area contributed by atoms with Crippen molar-refractivity contribution in [2.45, 2.75) is 12.2 Å². The van der Waals surface area contributed by atoms with Gasteiger partial charge in [0.1, 0.15) is 0 Å². The lowest BCUT2D eigenvalue weighted by atomic mass is 10.3. The average molecular weight is 404 g/mol. The molecule has 1 aromatic rings. The third-order valence-corrected chi connectivity index (χ3v) is 4.79. The molecule has 1 aromatic carbocycles. The highest BCUT2D eigenvalue weighted by Gasteiger charge is 2.29. The van der Waals surface area contributed by atoms with Crippen molar-refractivity contribution in [3.05, 3.63) is 26.8 Å². The summed E-state index contributed by atoms with van der Waals surface area (Å²) >= 11 is 7.96. The molecule has 18 heavy (non-hydrogen) atoms. The van der Waals surface area contributed by atoms with Crippen LogP contribution in [0.15, 0.2) is 18.2 Å². The summed E-state index contributed by atoms with van der Waals surface area (Å²) in [4.78, 5) is 11.2. The molecule has 0 saturated heterocycles. The number of hydrogen-bond donors (Lipinski definition) is 1. The van der Waals surface area contributed by atoms with Crippen LogP contribution >= 0.6 is 34.2 Å². The SMILES string of the molecule is COC(=O)C(C)S(=O)(=O)Nc1ccc(I)cc1Cl. The molecular formula is C10H11ClINO4S. The van der Waals surface area contributed by atoms with Crippen molar-refractivity contribution in [1.29, 1.82) is 0 Å². The normalized spacial score (nSPS) is 12.9. The molecule has 0 aliphatic carbocycles. The number of nitrogens with one attached hydrogen (secondary N) is 1. The molecular weight excluding hydrogens is 393 g/mol. The second kappa shape index (κ2) is 6.07. The summed E-state index contributed by atoms with van der Waals surface area (Å²) in [6, 6.07) is 4.85. The largest absolute Gasteiger partial charge is 0.468 e. The zero-order valence-electron chi connectivity index (χ0n) is 9.61. The molecule has 0 fully saturated rings. The van der Waals surface area contributed by atoms with Crippen LogP contribution in [0.1, 0.15) is 6.92 Å². The van der Waals surface area contributed by atoms with Crippen molar-refractivity contribution >= 4 is 55.9 Å². The Bertz CT molecular complexity index is 561. The molecule has 8 heteroatoms. The van der Waals surface area contributed by atoms with Crippen molar-refractivity contribution in [2.24, 2.45) is 0 Å². The van der Waals surface area contributed by atoms with Crippen LogP contribution in [0.4, 0.5) is 5.69 Å². The summed E-state index contributed by atoms with van der Waals surface area (Å²) in [6.07, 6.45) is 0. The lowest BCUT2D eigenvalue weighted by Gasteiger charge is -2.13. The average Bonchev–Trinajstić information content (AvgIpc) is 2.30. The van der Waals surface area contributed by atoms with Crippen molar-refractivity contribution in [2.75, 3.05) is 11.8 Å². The molecule has 1 N–H and O–H groups in total. The van der Waals surface area contributed by atoms with Gasteiger partial charge in [-0.25, -0.2) is 8.42 Å². The van der Waals surface area contributed by atoms with Crippen molar-refractivity contribution in [3.63, 3.8) is 0 Å². The van der Waals surface area contributed by atoms with Crippen LogP contribution < -0.4 is 4.72 Å². The van der Waals surface area contributed by atoms with Crippen molar-refractivity contribution < 1.29 is 17.9 Å². The van der Waals surface area contributed by atoms with Gasteiger partial charge < -0.3 is 4.74 Å². The Kier molecular flexibility index (Phi) is 5.23. The van der Waals surface area contributed by atoms with E-state index < -0.39 is 21.2 Å². The summed E-state index contributed by atoms with van der Waals surface area (Å²) in [6.45, 7) is 1.24. The number of rotatable bonds is 4. The zero-order valence-corrected chi connectivity index (χ0v) is 13.3. The van der Waals surface area contributed by atoms with E-state index in [1.165, 1.54) is 13.0 Å². The predicted octanol–water partition coefficient (Wildman–Crippen LogP) is 2.25. The maximum Gasteiger partial charge on any atom is 0.325 e. The minimum atomic E-state index is -3.87. The van der Waals surface area contributed by atoms with E-state index in [4.69, 9.17) is 11.6 Å². The van der Waals surface area contributed by atoms with Crippen molar-refractivity contribution in [3.8, 4) is 0 Å². The molecule has 0 heterocycles. The van der Waals surface area contributed by atoms with Gasteiger partial charge in [-0.2, -0.15) is 0 Å². The summed E-state index contributed by atoms with van der Waals surface area (Å²) in [5.41, 5.74) is 0.229. The highest BCUT2D eigenvalue weighted by molar-refractivity contribution is 14.1. The molecule has 5 nitrogen and oxygen atoms in total. The standard InChI is InChI=1S/C10H11ClINO4S/c1-6(10(14)17-2)18(15,16)13-9-4-3-7(12)5-8(9)11/h3-6,13H,1-2H3. The third kappa shape index (κ3) is 3.72. The maximum absolute atomic E-state index is 11.9. The number of anilines is 1. The fourth-order valence-electron chi connectivity index (χ4n) is 1.11. The number of hydrogen-bond acceptors (Lipinski definition) is 4. The fraction of sp³-hybridized carbons (Fsp3) is 0.300. The Balaban J connectivity index is 2.99. The Labute approximate surface area is 124 Å². The molecule has 0 aliphatic rings. The van der Waals surface area contributed by atoms with Gasteiger partial charge in [0.15, 0.2) is 5.25 Å². The van der Waals surface area contributed by atoms with Gasteiger partial charge in [-0.3, -0.25) is 9.52 Å². The van der Waals surface area contributed by atoms with E-state index >= 15 is 0 Å². The Morgan fingerprint density at radius 1 is 1.50 bits per heavy atom. The van der Waals surface area contributed by atoms with E-state index in [1.807, 2.05) is 0 Å². The Morgan fingerprint density at radius 3 is 2.61 bits per heavy atom. The minimum absolute atomic E-state index is 0.229. The number of ether oxygens (including phenoxy) is 1. The molecule has 0 amide bonds. The number of halogens is 2. The third-order valence-electron chi connectivity index (χ3n) is 2.18. The van der Waals surface area contributed by atoms with Crippen LogP contribution in [-0.4, -0.2) is 26.7 Å². The molecule has 0 bridgehead atoms. The van der Waals surface area contributed by atoms with Gasteiger partial charge in [-0.05, 0) is 47.7 Å². The van der Waals surface area contributed by atoms with E-state index in [0.717, 1.165) is 10.7 Å². The van der Waals surface area contributed by atoms with Crippen molar-refractivity contribution in [1.82, 2.24) is 0 Å². The van der Waals surface area contributed by atoms with Gasteiger partial charge in [0.2, 0.25) is 10.0 Å². The van der Waals surface area contributed by atoms with E-state index in [1.54, 1.807) is 12.1 Å². The first-order valence-electron chi connectivity index (χ1n) is 4.82. The minimum Gasteiger partial charge on any atom is -0.468 e. The molecule has 0 saturated carbocycles. The summed E-state index contributed by atoms with van der Waals surface area (Å²) < 4.78 is 31.3. The maximum atomic E-state index is 11.9. The van der Waals surface area contributed by atoms with Crippen LogP contribution in [0.2, 0.25) is 5.02 Å². The summed E-state index contributed by atoms with van der Waals surface area (Å²) in [7, 11) is -2.74. The number of sulfonamides is 1. The lowest BCUT2D eigenvalue weighted by Crippen LogP contribution is -2.33. The quantitative estimate of drug-likeness (QED) is 0.618. The smallest absolute Gasteiger partial charge is 0.325 e. The fourth-order valence-corrected chi connectivity index (χ4v) is 3.08. The summed E-state index contributed by atoms with van der Waals surface area (Å²) in [5, 5.41) is -1.04. The highest BCUT2D eigenvalue weighted by Crippen LogP contribution is 2.25. The molecule has 1 unspecified atom stereocenters. The van der Waals surface area contributed by atoms with Crippen LogP contribution in [0, 0.1) is 3.57 Å². The lowest BCUT2D eigenvalue weighted by molar-refractivity contribution is -0.139. The van der Waals surface area contributed by atoms with E-state index in [2.05, 4.69) is 32.0 Å². The Hall–Kier alpha value is -0.540. The molecule has 1 rings (SSSR count). The monoisotopic (exact) mass is 403 g/mol. The molecule has 0 aromatic heterocycles. The van der Waals surface area contributed by atoms with Crippen LogP contribution in [0.5, 0.6) is 0 Å². The molecule has 100 valence electrons. The first-order chi connectivity index (χ1) is 8.27. The molecule has 1 atom stereocenters. The van der Waals surface area contributed by atoms with Gasteiger partial charge in [-0.15, -0.1) is 0 Å². The number of carbonyl (C=O) groups is 1. The predicted molar refractivity (Wildman–Crippen MR) is 78.2 cm³/mol. The van der Waals surface area contributed by atoms with E-state index in [9.17, 15) is 13.2 Å². The molecule has 0 spiro atoms. The second-order valence-corrected chi connectivity index (χ2v) is 7.09. The number of esters is 1. The highest BCUT2D eigenvalue weighted by atomic mass is 127.